The molecule has 9 heteroatoms. The molecule has 0 aliphatic carbocycles. The summed E-state index contributed by atoms with van der Waals surface area (Å²) in [6.45, 7) is 2.97. The number of sulfonamides is 1. The van der Waals surface area contributed by atoms with Crippen molar-refractivity contribution in [1.82, 2.24) is 0 Å². The standard InChI is InChI=1S/C25H26N2O6S/c1-17-13-14-23(32-3)22(15-17)27(34(30,31)19-9-6-5-7-10-19)16-24(28)26-21-12-8-11-20(18(21)2)25(29)33-4/h5-15H,16H2,1-4H3,(H,26,28). The largest absolute Gasteiger partial charge is 0.495 e. The van der Waals surface area contributed by atoms with E-state index in [1.54, 1.807) is 61.5 Å². The van der Waals surface area contributed by atoms with E-state index < -0.39 is 28.4 Å². The van der Waals surface area contributed by atoms with Crippen LogP contribution < -0.4 is 14.4 Å². The number of benzene rings is 3. The lowest BCUT2D eigenvalue weighted by molar-refractivity contribution is -0.114. The minimum absolute atomic E-state index is 0.0372. The van der Waals surface area contributed by atoms with Crippen LogP contribution in [0.3, 0.4) is 0 Å². The van der Waals surface area contributed by atoms with Crippen LogP contribution in [-0.2, 0) is 19.6 Å². The summed E-state index contributed by atoms with van der Waals surface area (Å²) >= 11 is 0. The number of hydrogen-bond acceptors (Lipinski definition) is 6. The van der Waals surface area contributed by atoms with E-state index in [-0.39, 0.29) is 10.6 Å². The first-order valence-electron chi connectivity index (χ1n) is 10.4. The van der Waals surface area contributed by atoms with E-state index in [0.717, 1.165) is 9.87 Å². The van der Waals surface area contributed by atoms with E-state index in [1.165, 1.54) is 26.4 Å². The summed E-state index contributed by atoms with van der Waals surface area (Å²) in [6, 6.07) is 17.8. The smallest absolute Gasteiger partial charge is 0.338 e. The number of nitrogens with one attached hydrogen (secondary N) is 1. The minimum atomic E-state index is -4.11. The van der Waals surface area contributed by atoms with E-state index >= 15 is 0 Å². The van der Waals surface area contributed by atoms with Gasteiger partial charge in [0.15, 0.2) is 0 Å². The van der Waals surface area contributed by atoms with Crippen molar-refractivity contribution in [3.63, 3.8) is 0 Å². The van der Waals surface area contributed by atoms with Crippen molar-refractivity contribution in [2.45, 2.75) is 18.7 Å². The summed E-state index contributed by atoms with van der Waals surface area (Å²) < 4.78 is 38.3. The molecular formula is C25H26N2O6S. The molecule has 0 heterocycles. The highest BCUT2D eigenvalue weighted by atomic mass is 32.2. The monoisotopic (exact) mass is 482 g/mol. The Hall–Kier alpha value is -3.85. The summed E-state index contributed by atoms with van der Waals surface area (Å²) in [5, 5.41) is 2.71. The lowest BCUT2D eigenvalue weighted by Gasteiger charge is -2.26. The van der Waals surface area contributed by atoms with E-state index in [4.69, 9.17) is 9.47 Å². The molecule has 8 nitrogen and oxygen atoms in total. The number of carbonyl (C=O) groups excluding carboxylic acids is 2. The van der Waals surface area contributed by atoms with Gasteiger partial charge in [0.05, 0.1) is 30.4 Å². The third-order valence-electron chi connectivity index (χ3n) is 5.23. The van der Waals surface area contributed by atoms with Gasteiger partial charge in [-0.2, -0.15) is 0 Å². The zero-order valence-electron chi connectivity index (χ0n) is 19.4. The number of nitrogens with zero attached hydrogens (tertiary/aromatic N) is 1. The van der Waals surface area contributed by atoms with Crippen molar-refractivity contribution in [2.24, 2.45) is 0 Å². The molecule has 0 bridgehead atoms. The molecular weight excluding hydrogens is 456 g/mol. The fourth-order valence-corrected chi connectivity index (χ4v) is 4.88. The maximum absolute atomic E-state index is 13.6. The molecule has 0 aromatic heterocycles. The van der Waals surface area contributed by atoms with Crippen molar-refractivity contribution >= 4 is 33.3 Å². The number of carbonyl (C=O) groups is 2. The van der Waals surface area contributed by atoms with E-state index in [2.05, 4.69) is 5.32 Å². The molecule has 0 atom stereocenters. The van der Waals surface area contributed by atoms with Crippen LogP contribution >= 0.6 is 0 Å². The van der Waals surface area contributed by atoms with Gasteiger partial charge in [-0.25, -0.2) is 13.2 Å². The second-order valence-corrected chi connectivity index (χ2v) is 9.38. The molecule has 0 saturated carbocycles. The van der Waals surface area contributed by atoms with Crippen LogP contribution in [0, 0.1) is 13.8 Å². The zero-order chi connectivity index (χ0) is 24.9. The highest BCUT2D eigenvalue weighted by Gasteiger charge is 2.29. The fourth-order valence-electron chi connectivity index (χ4n) is 3.44. The van der Waals surface area contributed by atoms with Crippen LogP contribution in [-0.4, -0.2) is 41.1 Å². The maximum Gasteiger partial charge on any atom is 0.338 e. The lowest BCUT2D eigenvalue weighted by atomic mass is 10.1. The summed E-state index contributed by atoms with van der Waals surface area (Å²) in [5.74, 6) is -0.818. The van der Waals surface area contributed by atoms with Crippen LogP contribution in [0.25, 0.3) is 0 Å². The average Bonchev–Trinajstić information content (AvgIpc) is 2.83. The quantitative estimate of drug-likeness (QED) is 0.488. The SMILES string of the molecule is COC(=O)c1cccc(NC(=O)CN(c2cc(C)ccc2OC)S(=O)(=O)c2ccccc2)c1C. The van der Waals surface area contributed by atoms with Crippen LogP contribution in [0.4, 0.5) is 11.4 Å². The second kappa shape index (κ2) is 10.4. The maximum atomic E-state index is 13.6. The molecule has 1 amide bonds. The van der Waals surface area contributed by atoms with Gasteiger partial charge in [-0.3, -0.25) is 9.10 Å². The van der Waals surface area contributed by atoms with Crippen LogP contribution in [0.2, 0.25) is 0 Å². The van der Waals surface area contributed by atoms with Gasteiger partial charge >= 0.3 is 5.97 Å². The highest BCUT2D eigenvalue weighted by Crippen LogP contribution is 2.33. The van der Waals surface area contributed by atoms with Gasteiger partial charge in [-0.1, -0.05) is 30.3 Å². The molecule has 0 aliphatic heterocycles. The van der Waals surface area contributed by atoms with Crippen molar-refractivity contribution in [2.75, 3.05) is 30.4 Å². The third kappa shape index (κ3) is 5.20. The molecule has 178 valence electrons. The lowest BCUT2D eigenvalue weighted by Crippen LogP contribution is -2.38. The highest BCUT2D eigenvalue weighted by molar-refractivity contribution is 7.92. The Morgan fingerprint density at radius 1 is 0.941 bits per heavy atom. The Labute approximate surface area is 199 Å². The Morgan fingerprint density at radius 2 is 1.65 bits per heavy atom. The Balaban J connectivity index is 2.02. The third-order valence-corrected chi connectivity index (χ3v) is 7.01. The van der Waals surface area contributed by atoms with Crippen molar-refractivity contribution in [3.05, 3.63) is 83.4 Å². The number of amides is 1. The Morgan fingerprint density at radius 3 is 2.29 bits per heavy atom. The van der Waals surface area contributed by atoms with Gasteiger partial charge in [-0.15, -0.1) is 0 Å². The number of aryl methyl sites for hydroxylation is 1. The van der Waals surface area contributed by atoms with Gasteiger partial charge in [0.2, 0.25) is 5.91 Å². The van der Waals surface area contributed by atoms with Crippen LogP contribution in [0.1, 0.15) is 21.5 Å². The van der Waals surface area contributed by atoms with E-state index in [0.29, 0.717) is 22.6 Å². The first-order valence-corrected chi connectivity index (χ1v) is 11.8. The first kappa shape index (κ1) is 24.8. The zero-order valence-corrected chi connectivity index (χ0v) is 20.2. The predicted octanol–water partition coefficient (Wildman–Crippen LogP) is 3.93. The summed E-state index contributed by atoms with van der Waals surface area (Å²) in [4.78, 5) is 25.1. The molecule has 0 radical (unpaired) electrons. The van der Waals surface area contributed by atoms with Crippen molar-refractivity contribution in [1.29, 1.82) is 0 Å². The number of hydrogen-bond donors (Lipinski definition) is 1. The summed E-state index contributed by atoms with van der Waals surface area (Å²) in [5.41, 5.74) is 2.22. The van der Waals surface area contributed by atoms with Gasteiger partial charge in [0.1, 0.15) is 12.3 Å². The number of ether oxygens (including phenoxy) is 2. The van der Waals surface area contributed by atoms with Crippen molar-refractivity contribution in [3.8, 4) is 5.75 Å². The van der Waals surface area contributed by atoms with Gasteiger partial charge in [0.25, 0.3) is 10.0 Å². The van der Waals surface area contributed by atoms with Gasteiger partial charge in [0, 0.05) is 5.69 Å². The molecule has 0 spiro atoms. The molecule has 0 fully saturated rings. The normalized spacial score (nSPS) is 10.9. The molecule has 0 unspecified atom stereocenters. The molecule has 3 aromatic rings. The number of anilines is 2. The topological polar surface area (TPSA) is 102 Å². The van der Waals surface area contributed by atoms with Crippen LogP contribution in [0.15, 0.2) is 71.6 Å². The summed E-state index contributed by atoms with van der Waals surface area (Å²) in [6.07, 6.45) is 0. The number of methoxy groups -OCH3 is 2. The van der Waals surface area contributed by atoms with Crippen molar-refractivity contribution < 1.29 is 27.5 Å². The number of esters is 1. The fraction of sp³-hybridized carbons (Fsp3) is 0.200. The van der Waals surface area contributed by atoms with Crippen LogP contribution in [0.5, 0.6) is 5.75 Å². The van der Waals surface area contributed by atoms with Gasteiger partial charge < -0.3 is 14.8 Å². The summed E-state index contributed by atoms with van der Waals surface area (Å²) in [7, 11) is -1.40. The molecule has 34 heavy (non-hydrogen) atoms. The second-order valence-electron chi connectivity index (χ2n) is 7.52. The Bertz CT molecular complexity index is 1310. The molecule has 0 aliphatic rings. The molecule has 0 saturated heterocycles. The van der Waals surface area contributed by atoms with E-state index in [1.807, 2.05) is 6.92 Å². The molecule has 1 N–H and O–H groups in total. The number of rotatable bonds is 8. The minimum Gasteiger partial charge on any atom is -0.495 e. The van der Waals surface area contributed by atoms with Gasteiger partial charge in [-0.05, 0) is 61.4 Å². The molecule has 3 aromatic carbocycles. The van der Waals surface area contributed by atoms with E-state index in [9.17, 15) is 18.0 Å². The first-order chi connectivity index (χ1) is 16.2. The Kier molecular flexibility index (Phi) is 7.57. The predicted molar refractivity (Wildman–Crippen MR) is 130 cm³/mol. The average molecular weight is 483 g/mol. The molecule has 3 rings (SSSR count).